The molecule has 0 amide bonds. The minimum Gasteiger partial charge on any atom is -0.458 e. The molecule has 0 fully saturated rings. The summed E-state index contributed by atoms with van der Waals surface area (Å²) < 4.78 is 13.9. The SMILES string of the molecule is CC(C)(c1ccccc1)c1ccc2c(c1)B1c3ccccc3Oc3cc(-c4c5ccccc5c(-c5ccc(-c6cccc7ccccc67)cc5)c5ccccc45)cc(c31)O2. The molecule has 0 spiro atoms. The second kappa shape index (κ2) is 13.3. The summed E-state index contributed by atoms with van der Waals surface area (Å²) in [6.07, 6.45) is 0. The molecule has 2 heterocycles. The standard InChI is InChI=1S/C57H39BO2/c1-57(2,40-17-4-3-5-18-40)41-31-32-51-49(35-41)58-48-25-12-13-26-50(48)59-52-33-39(34-53(60-51)56(52)58)55-46-22-10-8-20-44(46)54(45-21-9-11-23-47(45)55)38-29-27-37(28-30-38)43-24-14-16-36-15-6-7-19-42(36)43/h3-35H,1-2H3. The van der Waals surface area contributed by atoms with Crippen molar-refractivity contribution in [3.63, 3.8) is 0 Å². The molecule has 0 saturated heterocycles. The largest absolute Gasteiger partial charge is 0.458 e. The van der Waals surface area contributed by atoms with Crippen LogP contribution in [0.3, 0.4) is 0 Å². The van der Waals surface area contributed by atoms with Gasteiger partial charge in [-0.05, 0) is 112 Å². The Balaban J connectivity index is 1.02. The first-order valence-corrected chi connectivity index (χ1v) is 20.9. The molecular formula is C57H39BO2. The fraction of sp³-hybridized carbons (Fsp3) is 0.0526. The third-order valence-electron chi connectivity index (χ3n) is 13.1. The zero-order chi connectivity index (χ0) is 40.0. The van der Waals surface area contributed by atoms with E-state index in [9.17, 15) is 0 Å². The van der Waals surface area contributed by atoms with Crippen molar-refractivity contribution in [1.29, 1.82) is 0 Å². The predicted molar refractivity (Wildman–Crippen MR) is 252 cm³/mol. The molecule has 0 saturated carbocycles. The van der Waals surface area contributed by atoms with Crippen molar-refractivity contribution < 1.29 is 9.47 Å². The van der Waals surface area contributed by atoms with E-state index in [1.54, 1.807) is 0 Å². The number of fused-ring (bicyclic) bond motifs is 7. The van der Waals surface area contributed by atoms with Crippen LogP contribution in [0.25, 0.3) is 65.7 Å². The van der Waals surface area contributed by atoms with E-state index in [-0.39, 0.29) is 12.1 Å². The molecule has 10 aromatic rings. The quantitative estimate of drug-likeness (QED) is 0.128. The topological polar surface area (TPSA) is 18.5 Å². The molecule has 0 radical (unpaired) electrons. The van der Waals surface area contributed by atoms with Gasteiger partial charge in [-0.1, -0.05) is 190 Å². The molecule has 2 aliphatic rings. The highest BCUT2D eigenvalue weighted by Crippen LogP contribution is 2.47. The van der Waals surface area contributed by atoms with E-state index in [4.69, 9.17) is 9.47 Å². The summed E-state index contributed by atoms with van der Waals surface area (Å²) in [5.41, 5.74) is 12.9. The molecule has 0 bridgehead atoms. The minimum atomic E-state index is -0.193. The predicted octanol–water partition coefficient (Wildman–Crippen LogP) is 13.2. The Morgan fingerprint density at radius 3 is 1.58 bits per heavy atom. The molecule has 282 valence electrons. The van der Waals surface area contributed by atoms with Crippen molar-refractivity contribution in [3.05, 3.63) is 211 Å². The van der Waals surface area contributed by atoms with Gasteiger partial charge in [0.1, 0.15) is 23.0 Å². The molecular weight excluding hydrogens is 727 g/mol. The van der Waals surface area contributed by atoms with Gasteiger partial charge >= 0.3 is 0 Å². The summed E-state index contributed by atoms with van der Waals surface area (Å²) in [5, 5.41) is 7.31. The molecule has 2 aliphatic heterocycles. The monoisotopic (exact) mass is 766 g/mol. The summed E-state index contributed by atoms with van der Waals surface area (Å²) >= 11 is 0. The highest BCUT2D eigenvalue weighted by atomic mass is 16.5. The van der Waals surface area contributed by atoms with E-state index < -0.39 is 0 Å². The first kappa shape index (κ1) is 34.7. The second-order valence-corrected chi connectivity index (χ2v) is 16.8. The Hall–Kier alpha value is -7.36. The first-order valence-electron chi connectivity index (χ1n) is 20.9. The van der Waals surface area contributed by atoms with Crippen LogP contribution in [0.4, 0.5) is 0 Å². The maximum absolute atomic E-state index is 6.99. The van der Waals surface area contributed by atoms with E-state index in [2.05, 4.69) is 214 Å². The van der Waals surface area contributed by atoms with Gasteiger partial charge in [0.05, 0.1) is 0 Å². The Kier molecular flexibility index (Phi) is 7.71. The zero-order valence-corrected chi connectivity index (χ0v) is 33.4. The van der Waals surface area contributed by atoms with Gasteiger partial charge in [0.15, 0.2) is 0 Å². The van der Waals surface area contributed by atoms with Gasteiger partial charge in [0.25, 0.3) is 6.71 Å². The molecule has 60 heavy (non-hydrogen) atoms. The van der Waals surface area contributed by atoms with Crippen molar-refractivity contribution in [3.8, 4) is 56.4 Å². The molecule has 2 nitrogen and oxygen atoms in total. The lowest BCUT2D eigenvalue weighted by Gasteiger charge is -2.35. The average Bonchev–Trinajstić information content (AvgIpc) is 3.30. The van der Waals surface area contributed by atoms with Crippen molar-refractivity contribution in [2.75, 3.05) is 0 Å². The van der Waals surface area contributed by atoms with Gasteiger partial charge in [0.2, 0.25) is 0 Å². The van der Waals surface area contributed by atoms with Crippen LogP contribution in [-0.2, 0) is 5.41 Å². The molecule has 0 N–H and O–H groups in total. The van der Waals surface area contributed by atoms with Gasteiger partial charge in [-0.15, -0.1) is 0 Å². The van der Waals surface area contributed by atoms with Crippen LogP contribution in [0.1, 0.15) is 25.0 Å². The fourth-order valence-electron chi connectivity index (χ4n) is 10.0. The fourth-order valence-corrected chi connectivity index (χ4v) is 10.0. The van der Waals surface area contributed by atoms with Crippen LogP contribution in [0.5, 0.6) is 23.0 Å². The third kappa shape index (κ3) is 5.29. The number of rotatable bonds is 5. The molecule has 0 atom stereocenters. The smallest absolute Gasteiger partial charge is 0.260 e. The number of hydrogen-bond donors (Lipinski definition) is 0. The van der Waals surface area contributed by atoms with E-state index in [1.165, 1.54) is 76.7 Å². The zero-order valence-electron chi connectivity index (χ0n) is 33.4. The van der Waals surface area contributed by atoms with Crippen molar-refractivity contribution in [2.24, 2.45) is 0 Å². The summed E-state index contributed by atoms with van der Waals surface area (Å²) in [4.78, 5) is 0. The van der Waals surface area contributed by atoms with Crippen LogP contribution < -0.4 is 25.9 Å². The van der Waals surface area contributed by atoms with Gasteiger partial charge in [-0.25, -0.2) is 0 Å². The van der Waals surface area contributed by atoms with Gasteiger partial charge < -0.3 is 9.47 Å². The van der Waals surface area contributed by atoms with Crippen molar-refractivity contribution in [1.82, 2.24) is 0 Å². The lowest BCUT2D eigenvalue weighted by Crippen LogP contribution is -2.57. The third-order valence-corrected chi connectivity index (χ3v) is 13.1. The Bertz CT molecular complexity index is 3270. The Morgan fingerprint density at radius 2 is 0.900 bits per heavy atom. The summed E-state index contributed by atoms with van der Waals surface area (Å²) in [6.45, 7) is 4.58. The molecule has 0 aromatic heterocycles. The van der Waals surface area contributed by atoms with Crippen LogP contribution in [0.15, 0.2) is 200 Å². The van der Waals surface area contributed by atoms with Crippen molar-refractivity contribution in [2.45, 2.75) is 19.3 Å². The average molecular weight is 767 g/mol. The number of hydrogen-bond acceptors (Lipinski definition) is 2. The number of ether oxygens (including phenoxy) is 2. The van der Waals surface area contributed by atoms with Crippen LogP contribution in [-0.4, -0.2) is 6.71 Å². The maximum atomic E-state index is 6.99. The van der Waals surface area contributed by atoms with Crippen LogP contribution >= 0.6 is 0 Å². The van der Waals surface area contributed by atoms with E-state index in [0.29, 0.717) is 0 Å². The van der Waals surface area contributed by atoms with Gasteiger partial charge in [0, 0.05) is 10.9 Å². The first-order chi connectivity index (χ1) is 29.5. The van der Waals surface area contributed by atoms with E-state index in [0.717, 1.165) is 39.5 Å². The molecule has 0 aliphatic carbocycles. The number of para-hydroxylation sites is 1. The molecule has 3 heteroatoms. The summed E-state index contributed by atoms with van der Waals surface area (Å²) in [6, 6.07) is 72.5. The van der Waals surface area contributed by atoms with Crippen LogP contribution in [0, 0.1) is 0 Å². The highest BCUT2D eigenvalue weighted by molar-refractivity contribution is 6.98. The lowest BCUT2D eigenvalue weighted by molar-refractivity contribution is 0.464. The number of benzene rings is 10. The molecule has 10 aromatic carbocycles. The Labute approximate surface area is 350 Å². The van der Waals surface area contributed by atoms with E-state index >= 15 is 0 Å². The molecule has 12 rings (SSSR count). The Morgan fingerprint density at radius 1 is 0.367 bits per heavy atom. The van der Waals surface area contributed by atoms with Crippen molar-refractivity contribution >= 4 is 55.4 Å². The lowest BCUT2D eigenvalue weighted by atomic mass is 9.34. The van der Waals surface area contributed by atoms with Gasteiger partial charge in [-0.3, -0.25) is 0 Å². The summed E-state index contributed by atoms with van der Waals surface area (Å²) in [7, 11) is 0. The van der Waals surface area contributed by atoms with Gasteiger partial charge in [-0.2, -0.15) is 0 Å². The highest BCUT2D eigenvalue weighted by Gasteiger charge is 2.41. The normalized spacial score (nSPS) is 12.7. The summed E-state index contributed by atoms with van der Waals surface area (Å²) in [5.74, 6) is 3.45. The minimum absolute atomic E-state index is 0.0306. The van der Waals surface area contributed by atoms with Crippen LogP contribution in [0.2, 0.25) is 0 Å². The molecule has 0 unspecified atom stereocenters. The van der Waals surface area contributed by atoms with E-state index in [1.807, 2.05) is 0 Å². The maximum Gasteiger partial charge on any atom is 0.260 e. The second-order valence-electron chi connectivity index (χ2n) is 16.8.